The Morgan fingerprint density at radius 2 is 2.16 bits per heavy atom. The Morgan fingerprint density at radius 3 is 2.89 bits per heavy atom. The second-order valence-corrected chi connectivity index (χ2v) is 9.51. The number of rotatable bonds is 2. The fourth-order valence-electron chi connectivity index (χ4n) is 6.19. The van der Waals surface area contributed by atoms with Crippen molar-refractivity contribution in [3.05, 3.63) is 63.0 Å². The zero-order valence-electron chi connectivity index (χ0n) is 20.3. The number of benzene rings is 1. The van der Waals surface area contributed by atoms with E-state index in [1.54, 1.807) is 18.3 Å². The van der Waals surface area contributed by atoms with Crippen molar-refractivity contribution in [1.29, 1.82) is 0 Å². The lowest BCUT2D eigenvalue weighted by Gasteiger charge is -2.53. The Labute approximate surface area is 212 Å². The van der Waals surface area contributed by atoms with Crippen molar-refractivity contribution in [3.63, 3.8) is 0 Å². The highest BCUT2D eigenvalue weighted by Gasteiger charge is 2.54. The van der Waals surface area contributed by atoms with Gasteiger partial charge in [0.1, 0.15) is 11.2 Å². The van der Waals surface area contributed by atoms with Gasteiger partial charge in [-0.1, -0.05) is 24.1 Å². The summed E-state index contributed by atoms with van der Waals surface area (Å²) in [7, 11) is 1.47. The van der Waals surface area contributed by atoms with E-state index in [9.17, 15) is 14.3 Å². The molecule has 1 aromatic heterocycles. The van der Waals surface area contributed by atoms with E-state index in [0.717, 1.165) is 0 Å². The Morgan fingerprint density at radius 1 is 1.35 bits per heavy atom. The van der Waals surface area contributed by atoms with Crippen LogP contribution in [0.5, 0.6) is 5.88 Å². The number of aromatic nitrogens is 1. The number of terminal acetylenes is 1. The number of ether oxygens (including phenoxy) is 1. The zero-order chi connectivity index (χ0) is 26.0. The monoisotopic (exact) mass is 502 g/mol. The maximum atomic E-state index is 16.3. The molecule has 9 heteroatoms. The fraction of sp³-hybridized carbons (Fsp3) is 0.286. The van der Waals surface area contributed by atoms with E-state index in [1.807, 2.05) is 19.1 Å². The molecule has 4 heterocycles. The number of nitrogens with zero attached hydrogens (tertiary/aromatic N) is 3. The SMILES string of the molecule is C#Cc1c(F)ccc2c1C(=C1NC=c3c(N4C(C)C5C4CCN5C(=O)O)cc(OC)nc3=C1F)CC=C2. The summed E-state index contributed by atoms with van der Waals surface area (Å²) < 4.78 is 36.2. The van der Waals surface area contributed by atoms with E-state index in [4.69, 9.17) is 11.2 Å². The third-order valence-electron chi connectivity index (χ3n) is 7.80. The number of hydrogen-bond acceptors (Lipinski definition) is 5. The minimum Gasteiger partial charge on any atom is -0.481 e. The fourth-order valence-corrected chi connectivity index (χ4v) is 6.19. The van der Waals surface area contributed by atoms with Crippen LogP contribution in [0, 0.1) is 18.2 Å². The molecule has 3 unspecified atom stereocenters. The lowest BCUT2D eigenvalue weighted by molar-refractivity contribution is 0.114. The third kappa shape index (κ3) is 3.25. The van der Waals surface area contributed by atoms with E-state index in [2.05, 4.69) is 21.1 Å². The third-order valence-corrected chi connectivity index (χ3v) is 7.80. The van der Waals surface area contributed by atoms with Gasteiger partial charge >= 0.3 is 6.09 Å². The van der Waals surface area contributed by atoms with Crippen LogP contribution in [0.3, 0.4) is 0 Å². The molecule has 0 spiro atoms. The molecule has 0 radical (unpaired) electrons. The van der Waals surface area contributed by atoms with Crippen LogP contribution in [0.4, 0.5) is 19.3 Å². The van der Waals surface area contributed by atoms with Crippen LogP contribution in [0.15, 0.2) is 30.0 Å². The molecule has 0 bridgehead atoms. The summed E-state index contributed by atoms with van der Waals surface area (Å²) in [5.74, 6) is 1.53. The second kappa shape index (κ2) is 8.37. The topological polar surface area (TPSA) is 77.9 Å². The van der Waals surface area contributed by atoms with E-state index < -0.39 is 17.7 Å². The summed E-state index contributed by atoms with van der Waals surface area (Å²) in [6.45, 7) is 2.42. The van der Waals surface area contributed by atoms with E-state index in [0.29, 0.717) is 47.0 Å². The average molecular weight is 503 g/mol. The van der Waals surface area contributed by atoms with Crippen LogP contribution in [0.2, 0.25) is 0 Å². The van der Waals surface area contributed by atoms with Gasteiger partial charge in [-0.25, -0.2) is 18.6 Å². The first-order chi connectivity index (χ1) is 17.8. The highest BCUT2D eigenvalue weighted by molar-refractivity contribution is 5.90. The van der Waals surface area contributed by atoms with Gasteiger partial charge < -0.3 is 25.0 Å². The molecule has 0 saturated carbocycles. The number of hydrogen-bond donors (Lipinski definition) is 2. The molecule has 2 fully saturated rings. The van der Waals surface area contributed by atoms with Crippen molar-refractivity contribution in [2.45, 2.75) is 37.9 Å². The van der Waals surface area contributed by atoms with Gasteiger partial charge in [-0.15, -0.1) is 6.42 Å². The number of anilines is 1. The van der Waals surface area contributed by atoms with Gasteiger partial charge in [0.15, 0.2) is 5.83 Å². The van der Waals surface area contributed by atoms with Gasteiger partial charge in [-0.05, 0) is 37.0 Å². The normalized spacial score (nSPS) is 25.3. The molecule has 1 aliphatic carbocycles. The number of carboxylic acid groups (broad SMARTS) is 1. The van der Waals surface area contributed by atoms with Gasteiger partial charge in [0.2, 0.25) is 5.88 Å². The molecule has 1 aromatic carbocycles. The smallest absolute Gasteiger partial charge is 0.407 e. The number of nitrogens with one attached hydrogen (secondary N) is 1. The van der Waals surface area contributed by atoms with Crippen LogP contribution in [0.25, 0.3) is 23.7 Å². The number of carbonyl (C=O) groups is 1. The lowest BCUT2D eigenvalue weighted by atomic mass is 9.86. The molecule has 2 N–H and O–H groups in total. The van der Waals surface area contributed by atoms with E-state index in [1.165, 1.54) is 18.1 Å². The molecule has 188 valence electrons. The molecule has 6 rings (SSSR count). The summed E-state index contributed by atoms with van der Waals surface area (Å²) in [6.07, 6.45) is 11.2. The highest BCUT2D eigenvalue weighted by Crippen LogP contribution is 2.41. The highest BCUT2D eigenvalue weighted by atomic mass is 19.1. The molecule has 37 heavy (non-hydrogen) atoms. The van der Waals surface area contributed by atoms with Gasteiger partial charge in [-0.3, -0.25) is 0 Å². The first-order valence-corrected chi connectivity index (χ1v) is 12.0. The van der Waals surface area contributed by atoms with E-state index >= 15 is 4.39 Å². The molecule has 4 aliphatic rings. The Hall–Kier alpha value is -4.32. The first-order valence-electron chi connectivity index (χ1n) is 12.0. The average Bonchev–Trinajstić information content (AvgIpc) is 3.29. The Kier molecular flexibility index (Phi) is 5.23. The van der Waals surface area contributed by atoms with Crippen LogP contribution in [0.1, 0.15) is 36.5 Å². The number of halogens is 2. The van der Waals surface area contributed by atoms with E-state index in [-0.39, 0.29) is 40.6 Å². The van der Waals surface area contributed by atoms with Crippen molar-refractivity contribution in [1.82, 2.24) is 15.2 Å². The second-order valence-electron chi connectivity index (χ2n) is 9.51. The predicted octanol–water partition coefficient (Wildman–Crippen LogP) is 2.79. The lowest BCUT2D eigenvalue weighted by Crippen LogP contribution is -2.70. The number of allylic oxidation sites excluding steroid dienone is 3. The van der Waals surface area contributed by atoms with Crippen LogP contribution in [-0.2, 0) is 0 Å². The van der Waals surface area contributed by atoms with Crippen LogP contribution in [-0.4, -0.2) is 52.9 Å². The molecule has 2 aromatic rings. The maximum absolute atomic E-state index is 16.3. The first kappa shape index (κ1) is 23.1. The number of pyridine rings is 1. The Bertz CT molecular complexity index is 1590. The van der Waals surface area contributed by atoms with Gasteiger partial charge in [0.25, 0.3) is 0 Å². The number of methoxy groups -OCH3 is 1. The van der Waals surface area contributed by atoms with Crippen molar-refractivity contribution < 1.29 is 23.4 Å². The predicted molar refractivity (Wildman–Crippen MR) is 136 cm³/mol. The molecular formula is C28H24F2N4O3. The quantitative estimate of drug-likeness (QED) is 0.616. The van der Waals surface area contributed by atoms with Gasteiger partial charge in [-0.2, -0.15) is 0 Å². The van der Waals surface area contributed by atoms with Gasteiger partial charge in [0, 0.05) is 35.6 Å². The summed E-state index contributed by atoms with van der Waals surface area (Å²) in [5.41, 5.74) is 2.73. The summed E-state index contributed by atoms with van der Waals surface area (Å²) >= 11 is 0. The summed E-state index contributed by atoms with van der Waals surface area (Å²) in [5, 5.41) is 13.3. The maximum Gasteiger partial charge on any atom is 0.407 e. The molecular weight excluding hydrogens is 478 g/mol. The van der Waals surface area contributed by atoms with Crippen LogP contribution >= 0.6 is 0 Å². The summed E-state index contributed by atoms with van der Waals surface area (Å²) in [4.78, 5) is 19.7. The van der Waals surface area contributed by atoms with Crippen molar-refractivity contribution in [2.75, 3.05) is 18.6 Å². The van der Waals surface area contributed by atoms with Crippen molar-refractivity contribution in [3.8, 4) is 18.2 Å². The van der Waals surface area contributed by atoms with Crippen LogP contribution < -0.4 is 25.5 Å². The minimum absolute atomic E-state index is 0.0185. The number of fused-ring (bicyclic) bond motifs is 3. The minimum atomic E-state index is -0.929. The summed E-state index contributed by atoms with van der Waals surface area (Å²) in [6, 6.07) is 4.45. The number of amides is 1. The molecule has 3 aliphatic heterocycles. The molecule has 1 amide bonds. The molecule has 2 saturated heterocycles. The van der Waals surface area contributed by atoms with Crippen molar-refractivity contribution in [2.24, 2.45) is 0 Å². The van der Waals surface area contributed by atoms with Crippen molar-refractivity contribution >= 4 is 35.5 Å². The largest absolute Gasteiger partial charge is 0.481 e. The Balaban J connectivity index is 1.53. The van der Waals surface area contributed by atoms with Gasteiger partial charge in [0.05, 0.1) is 36.1 Å². The zero-order valence-corrected chi connectivity index (χ0v) is 20.3. The molecule has 3 atom stereocenters. The standard InChI is InChI=1S/C28H24F2N4O3/c1-4-16-19(29)9-8-15-6-5-7-17(23(15)16)25-24(30)26-18(13-31-25)21(12-22(32-26)37-3)34-14(2)27-20(34)10-11-33(27)28(35)36/h1,5-6,8-9,12-14,20,27,31H,7,10-11H2,2-3H3,(H,35,36). The molecule has 7 nitrogen and oxygen atoms in total. The number of likely N-dealkylation sites (tertiary alicyclic amines) is 1.